The average molecular weight is 373 g/mol. The molecule has 142 valence electrons. The van der Waals surface area contributed by atoms with Crippen LogP contribution in [0.4, 0.5) is 0 Å². The molecule has 1 amide bonds. The fourth-order valence-corrected chi connectivity index (χ4v) is 2.26. The van der Waals surface area contributed by atoms with Crippen LogP contribution in [0.2, 0.25) is 0 Å². The lowest BCUT2D eigenvalue weighted by Crippen LogP contribution is -2.50. The summed E-state index contributed by atoms with van der Waals surface area (Å²) in [7, 11) is 2.94. The number of esters is 1. The average Bonchev–Trinajstić information content (AvgIpc) is 2.59. The van der Waals surface area contributed by atoms with Crippen molar-refractivity contribution in [2.75, 3.05) is 14.2 Å². The summed E-state index contributed by atoms with van der Waals surface area (Å²) < 4.78 is 9.90. The summed E-state index contributed by atoms with van der Waals surface area (Å²) in [5, 5.41) is 2.69. The highest BCUT2D eigenvalue weighted by Crippen LogP contribution is 2.14. The number of amides is 1. The molecule has 7 heteroatoms. The largest absolute Gasteiger partial charge is 0.497 e. The third kappa shape index (κ3) is 7.75. The van der Waals surface area contributed by atoms with Crippen molar-refractivity contribution in [3.63, 3.8) is 0 Å². The minimum absolute atomic E-state index is 0. The second-order valence-corrected chi connectivity index (χ2v) is 6.09. The van der Waals surface area contributed by atoms with Gasteiger partial charge in [0.25, 0.3) is 0 Å². The van der Waals surface area contributed by atoms with E-state index in [1.54, 1.807) is 7.11 Å². The summed E-state index contributed by atoms with van der Waals surface area (Å²) in [6, 6.07) is 6.45. The Bertz CT molecular complexity index is 534. The minimum Gasteiger partial charge on any atom is -0.497 e. The Balaban J connectivity index is 0.00000576. The monoisotopic (exact) mass is 372 g/mol. The molecular formula is C18H29ClN2O4. The second kappa shape index (κ2) is 11.7. The van der Waals surface area contributed by atoms with E-state index in [1.807, 2.05) is 38.1 Å². The van der Waals surface area contributed by atoms with Crippen molar-refractivity contribution in [1.29, 1.82) is 0 Å². The normalized spacial score (nSPS) is 12.7. The summed E-state index contributed by atoms with van der Waals surface area (Å²) in [4.78, 5) is 23.9. The van der Waals surface area contributed by atoms with Crippen molar-refractivity contribution in [2.45, 2.75) is 45.2 Å². The van der Waals surface area contributed by atoms with E-state index in [-0.39, 0.29) is 24.2 Å². The SMILES string of the molecule is COC(=O)[C@H](CCCc1ccc(OC)cc1)NC(=O)[C@@H](N)C(C)C.Cl. The van der Waals surface area contributed by atoms with Crippen LogP contribution < -0.4 is 15.8 Å². The maximum atomic E-state index is 12.1. The predicted molar refractivity (Wildman–Crippen MR) is 99.9 cm³/mol. The van der Waals surface area contributed by atoms with Gasteiger partial charge in [0.1, 0.15) is 11.8 Å². The van der Waals surface area contributed by atoms with Gasteiger partial charge in [-0.2, -0.15) is 0 Å². The van der Waals surface area contributed by atoms with Gasteiger partial charge < -0.3 is 20.5 Å². The Morgan fingerprint density at radius 1 is 1.16 bits per heavy atom. The molecule has 6 nitrogen and oxygen atoms in total. The zero-order valence-electron chi connectivity index (χ0n) is 15.3. The van der Waals surface area contributed by atoms with Gasteiger partial charge in [-0.1, -0.05) is 26.0 Å². The van der Waals surface area contributed by atoms with Gasteiger partial charge >= 0.3 is 5.97 Å². The molecule has 0 aliphatic rings. The van der Waals surface area contributed by atoms with Crippen LogP contribution in [0.25, 0.3) is 0 Å². The third-order valence-electron chi connectivity index (χ3n) is 3.94. The number of halogens is 1. The number of nitrogens with two attached hydrogens (primary N) is 1. The molecule has 0 heterocycles. The highest BCUT2D eigenvalue weighted by molar-refractivity contribution is 5.87. The van der Waals surface area contributed by atoms with Gasteiger partial charge in [-0.3, -0.25) is 4.79 Å². The first-order valence-electron chi connectivity index (χ1n) is 8.15. The molecule has 0 aliphatic carbocycles. The van der Waals surface area contributed by atoms with Gasteiger partial charge in [0, 0.05) is 0 Å². The highest BCUT2D eigenvalue weighted by Gasteiger charge is 2.25. The molecule has 0 radical (unpaired) electrons. The Morgan fingerprint density at radius 2 is 1.76 bits per heavy atom. The zero-order valence-corrected chi connectivity index (χ0v) is 16.1. The van der Waals surface area contributed by atoms with Crippen LogP contribution in [-0.4, -0.2) is 38.2 Å². The number of ether oxygens (including phenoxy) is 2. The Labute approximate surface area is 155 Å². The predicted octanol–water partition coefficient (Wildman–Crippen LogP) is 2.08. The molecule has 0 spiro atoms. The lowest BCUT2D eigenvalue weighted by Gasteiger charge is -2.21. The third-order valence-corrected chi connectivity index (χ3v) is 3.94. The maximum absolute atomic E-state index is 12.1. The van der Waals surface area contributed by atoms with Gasteiger partial charge in [0.2, 0.25) is 5.91 Å². The quantitative estimate of drug-likeness (QED) is 0.647. The molecule has 0 fully saturated rings. The zero-order chi connectivity index (χ0) is 18.1. The number of rotatable bonds is 9. The standard InChI is InChI=1S/C18H28N2O4.ClH/c1-12(2)16(19)17(21)20-15(18(22)24-4)7-5-6-13-8-10-14(23-3)11-9-13;/h8-12,15-16H,5-7,19H2,1-4H3,(H,20,21);1H/t15-,16-;/m0./s1. The van der Waals surface area contributed by atoms with E-state index < -0.39 is 18.1 Å². The first kappa shape index (κ1) is 23.2. The number of carbonyl (C=O) groups is 2. The van der Waals surface area contributed by atoms with E-state index in [0.717, 1.165) is 24.2 Å². The van der Waals surface area contributed by atoms with E-state index >= 15 is 0 Å². The second-order valence-electron chi connectivity index (χ2n) is 6.09. The first-order valence-corrected chi connectivity index (χ1v) is 8.15. The molecule has 0 aliphatic heterocycles. The molecule has 0 unspecified atom stereocenters. The molecular weight excluding hydrogens is 344 g/mol. The topological polar surface area (TPSA) is 90.6 Å². The van der Waals surface area contributed by atoms with Crippen LogP contribution in [0.3, 0.4) is 0 Å². The fourth-order valence-electron chi connectivity index (χ4n) is 2.26. The van der Waals surface area contributed by atoms with E-state index in [2.05, 4.69) is 5.32 Å². The van der Waals surface area contributed by atoms with Crippen LogP contribution in [0.5, 0.6) is 5.75 Å². The van der Waals surface area contributed by atoms with E-state index in [9.17, 15) is 9.59 Å². The molecule has 0 saturated heterocycles. The molecule has 3 N–H and O–H groups in total. The van der Waals surface area contributed by atoms with E-state index in [0.29, 0.717) is 6.42 Å². The van der Waals surface area contributed by atoms with Gasteiger partial charge in [-0.25, -0.2) is 4.79 Å². The van der Waals surface area contributed by atoms with Crippen LogP contribution in [-0.2, 0) is 20.7 Å². The molecule has 0 bridgehead atoms. The Hall–Kier alpha value is -1.79. The van der Waals surface area contributed by atoms with Gasteiger partial charge in [0.15, 0.2) is 0 Å². The fraction of sp³-hybridized carbons (Fsp3) is 0.556. The van der Waals surface area contributed by atoms with E-state index in [4.69, 9.17) is 15.2 Å². The summed E-state index contributed by atoms with van der Waals surface area (Å²) in [6.07, 6.45) is 2.03. The van der Waals surface area contributed by atoms with Crippen LogP contribution in [0.15, 0.2) is 24.3 Å². The van der Waals surface area contributed by atoms with E-state index in [1.165, 1.54) is 7.11 Å². The first-order chi connectivity index (χ1) is 11.4. The lowest BCUT2D eigenvalue weighted by atomic mass is 10.0. The van der Waals surface area contributed by atoms with Crippen LogP contribution >= 0.6 is 12.4 Å². The number of carbonyl (C=O) groups excluding carboxylic acids is 2. The summed E-state index contributed by atoms with van der Waals surface area (Å²) in [5.74, 6) is 0.0302. The summed E-state index contributed by atoms with van der Waals surface area (Å²) in [6.45, 7) is 3.72. The Kier molecular flexibility index (Phi) is 10.9. The van der Waals surface area contributed by atoms with Gasteiger partial charge in [0.05, 0.1) is 20.3 Å². The number of methoxy groups -OCH3 is 2. The molecule has 1 aromatic carbocycles. The smallest absolute Gasteiger partial charge is 0.328 e. The lowest BCUT2D eigenvalue weighted by molar-refractivity contribution is -0.145. The van der Waals surface area contributed by atoms with Crippen LogP contribution in [0.1, 0.15) is 32.3 Å². The van der Waals surface area contributed by atoms with Crippen molar-refractivity contribution in [2.24, 2.45) is 11.7 Å². The van der Waals surface area contributed by atoms with Crippen molar-refractivity contribution in [3.8, 4) is 5.75 Å². The number of benzene rings is 1. The molecule has 25 heavy (non-hydrogen) atoms. The van der Waals surface area contributed by atoms with Crippen molar-refractivity contribution in [3.05, 3.63) is 29.8 Å². The minimum atomic E-state index is -0.675. The molecule has 2 atom stereocenters. The molecule has 1 rings (SSSR count). The molecule has 1 aromatic rings. The summed E-state index contributed by atoms with van der Waals surface area (Å²) in [5.41, 5.74) is 6.96. The highest BCUT2D eigenvalue weighted by atomic mass is 35.5. The number of hydrogen-bond acceptors (Lipinski definition) is 5. The van der Waals surface area contributed by atoms with Gasteiger partial charge in [-0.05, 0) is 42.9 Å². The van der Waals surface area contributed by atoms with Crippen LogP contribution in [0, 0.1) is 5.92 Å². The van der Waals surface area contributed by atoms with Crippen molar-refractivity contribution >= 4 is 24.3 Å². The van der Waals surface area contributed by atoms with Crippen molar-refractivity contribution < 1.29 is 19.1 Å². The Morgan fingerprint density at radius 3 is 2.24 bits per heavy atom. The maximum Gasteiger partial charge on any atom is 0.328 e. The van der Waals surface area contributed by atoms with Gasteiger partial charge in [-0.15, -0.1) is 12.4 Å². The van der Waals surface area contributed by atoms with Crippen molar-refractivity contribution in [1.82, 2.24) is 5.32 Å². The number of nitrogens with one attached hydrogen (secondary N) is 1. The molecule has 0 aromatic heterocycles. The summed E-state index contributed by atoms with van der Waals surface area (Å²) >= 11 is 0. The number of hydrogen-bond donors (Lipinski definition) is 2. The molecule has 0 saturated carbocycles. The number of aryl methyl sites for hydroxylation is 1.